The molecule has 0 saturated heterocycles. The lowest BCUT2D eigenvalue weighted by molar-refractivity contribution is 0.173. The van der Waals surface area contributed by atoms with Crippen LogP contribution in [-0.2, 0) is 13.1 Å². The van der Waals surface area contributed by atoms with Gasteiger partial charge in [-0.25, -0.2) is 8.78 Å². The quantitative estimate of drug-likeness (QED) is 0.162. The topological polar surface area (TPSA) is 72.6 Å². The largest absolute Gasteiger partial charge is 0.454 e. The van der Waals surface area contributed by atoms with Gasteiger partial charge in [0.1, 0.15) is 13.3 Å². The van der Waals surface area contributed by atoms with Crippen LogP contribution in [0.3, 0.4) is 0 Å². The van der Waals surface area contributed by atoms with Gasteiger partial charge in [0, 0.05) is 22.3 Å². The van der Waals surface area contributed by atoms with Crippen LogP contribution >= 0.6 is 0 Å². The van der Waals surface area contributed by atoms with Gasteiger partial charge in [-0.05, 0) is 74.5 Å². The number of aromatic nitrogens is 4. The number of alkyl halides is 2. The van der Waals surface area contributed by atoms with E-state index >= 15 is 0 Å². The third-order valence-corrected chi connectivity index (χ3v) is 8.12. The highest BCUT2D eigenvalue weighted by Crippen LogP contribution is 2.38. The molecule has 6 aromatic rings. The minimum absolute atomic E-state index is 0. The summed E-state index contributed by atoms with van der Waals surface area (Å²) in [7, 11) is 0. The van der Waals surface area contributed by atoms with E-state index in [1.54, 1.807) is 9.36 Å². The Balaban J connectivity index is 0.000000167. The second kappa shape index (κ2) is 14.6. The van der Waals surface area contributed by atoms with Crippen LogP contribution < -0.4 is 18.9 Å². The molecule has 4 heterocycles. The van der Waals surface area contributed by atoms with Gasteiger partial charge in [0.25, 0.3) is 0 Å². The number of rotatable bonds is 8. The summed E-state index contributed by atoms with van der Waals surface area (Å²) >= 11 is 0. The Labute approximate surface area is 284 Å². The summed E-state index contributed by atoms with van der Waals surface area (Å²) in [6.45, 7) is 4.08. The van der Waals surface area contributed by atoms with E-state index in [-0.39, 0.29) is 34.1 Å². The summed E-state index contributed by atoms with van der Waals surface area (Å²) in [5.74, 6) is 2.89. The Bertz CT molecular complexity index is 2070. The van der Waals surface area contributed by atoms with E-state index in [9.17, 15) is 8.78 Å². The predicted molar refractivity (Wildman–Crippen MR) is 187 cm³/mol. The Morgan fingerprint density at radius 1 is 0.531 bits per heavy atom. The predicted octanol–water partition coefficient (Wildman–Crippen LogP) is 9.08. The van der Waals surface area contributed by atoms with Crippen molar-refractivity contribution in [1.82, 2.24) is 19.6 Å². The lowest BCUT2D eigenvalue weighted by Crippen LogP contribution is -2.03. The molecule has 252 valence electrons. The van der Waals surface area contributed by atoms with Gasteiger partial charge in [0.05, 0.1) is 35.9 Å². The molecule has 0 fully saturated rings. The normalized spacial score (nSPS) is 12.3. The maximum Gasteiger partial charge on any atom is 0.231 e. The molecule has 0 unspecified atom stereocenters. The smallest absolute Gasteiger partial charge is 0.231 e. The lowest BCUT2D eigenvalue weighted by atomic mass is 10.1. The maximum absolute atomic E-state index is 13.0. The molecule has 0 amide bonds. The average Bonchev–Trinajstić information content (AvgIpc) is 3.91. The molecule has 0 atom stereocenters. The number of halogens is 2. The number of hydrogen-bond acceptors (Lipinski definition) is 6. The molecule has 2 aliphatic heterocycles. The molecule has 2 aromatic heterocycles. The first-order valence-electron chi connectivity index (χ1n) is 15.7. The molecule has 0 bridgehead atoms. The van der Waals surface area contributed by atoms with E-state index in [2.05, 4.69) is 22.3 Å². The van der Waals surface area contributed by atoms with Gasteiger partial charge in [0.15, 0.2) is 23.0 Å². The minimum Gasteiger partial charge on any atom is -0.454 e. The molecule has 0 saturated carbocycles. The van der Waals surface area contributed by atoms with E-state index in [1.165, 1.54) is 0 Å². The lowest BCUT2D eigenvalue weighted by Gasteiger charge is -2.06. The van der Waals surface area contributed by atoms with Crippen LogP contribution in [0, 0.1) is 13.8 Å². The minimum atomic E-state index is -0.466. The standard InChI is InChI=1S/2C19H17FN2O2.CH4/c1-13-3-2-4-15(9-13)17-11-16(21-22(17)8-7-20)14-5-6-18-19(10-14)24-12-23-18;1-13-3-2-4-14(9-13)16-11-17(22(21-16)8-7-20)15-5-6-18-19(10-15)24-12-23-18;/h2*2-6,9-11H,7-8,12H2,1H3;1H4. The van der Waals surface area contributed by atoms with Crippen molar-refractivity contribution < 1.29 is 27.7 Å². The van der Waals surface area contributed by atoms with E-state index in [0.717, 1.165) is 67.7 Å². The number of aryl methyl sites for hydroxylation is 4. The molecule has 0 N–H and O–H groups in total. The molecule has 0 spiro atoms. The van der Waals surface area contributed by atoms with Crippen molar-refractivity contribution in [3.05, 3.63) is 108 Å². The molecule has 0 radical (unpaired) electrons. The first-order valence-corrected chi connectivity index (χ1v) is 15.7. The molecular formula is C39H38F2N4O4. The maximum atomic E-state index is 13.0. The fourth-order valence-electron chi connectivity index (χ4n) is 5.80. The van der Waals surface area contributed by atoms with Crippen LogP contribution in [0.5, 0.6) is 23.0 Å². The average molecular weight is 665 g/mol. The van der Waals surface area contributed by atoms with Crippen molar-refractivity contribution in [3.63, 3.8) is 0 Å². The SMILES string of the molecule is C.Cc1cccc(-c2cc(-c3ccc4c(c3)OCO4)n(CCF)n2)c1.Cc1cccc(-c2cc(-c3ccc4c(c3)OCO4)nn2CCF)c1. The van der Waals surface area contributed by atoms with Gasteiger partial charge in [-0.3, -0.25) is 9.36 Å². The zero-order valence-electron chi connectivity index (χ0n) is 26.7. The van der Waals surface area contributed by atoms with Crippen molar-refractivity contribution in [1.29, 1.82) is 0 Å². The highest BCUT2D eigenvalue weighted by atomic mass is 19.1. The fraction of sp³-hybridized carbons (Fsp3) is 0.231. The van der Waals surface area contributed by atoms with Crippen LogP contribution in [0.2, 0.25) is 0 Å². The molecule has 0 aliphatic carbocycles. The summed E-state index contributed by atoms with van der Waals surface area (Å²) in [6.07, 6.45) is 0. The monoisotopic (exact) mass is 664 g/mol. The highest BCUT2D eigenvalue weighted by Gasteiger charge is 2.19. The molecular weight excluding hydrogens is 626 g/mol. The van der Waals surface area contributed by atoms with Crippen LogP contribution in [0.15, 0.2) is 97.1 Å². The summed E-state index contributed by atoms with van der Waals surface area (Å²) in [5, 5.41) is 9.17. The third-order valence-electron chi connectivity index (χ3n) is 8.12. The van der Waals surface area contributed by atoms with Gasteiger partial charge >= 0.3 is 0 Å². The Kier molecular flexibility index (Phi) is 9.94. The number of fused-ring (bicyclic) bond motifs is 2. The van der Waals surface area contributed by atoms with E-state index in [4.69, 9.17) is 18.9 Å². The van der Waals surface area contributed by atoms with Gasteiger partial charge in [0.2, 0.25) is 13.6 Å². The van der Waals surface area contributed by atoms with Crippen molar-refractivity contribution in [2.75, 3.05) is 26.9 Å². The van der Waals surface area contributed by atoms with Gasteiger partial charge in [-0.1, -0.05) is 55.0 Å². The summed E-state index contributed by atoms with van der Waals surface area (Å²) in [5.41, 5.74) is 9.62. The third kappa shape index (κ3) is 7.13. The summed E-state index contributed by atoms with van der Waals surface area (Å²) in [6, 6.07) is 31.7. The molecule has 8 rings (SSSR count). The summed E-state index contributed by atoms with van der Waals surface area (Å²) < 4.78 is 50.9. The number of nitrogens with zero attached hydrogens (tertiary/aromatic N) is 4. The molecule has 10 heteroatoms. The first-order chi connectivity index (χ1) is 23.5. The zero-order valence-corrected chi connectivity index (χ0v) is 26.7. The van der Waals surface area contributed by atoms with Gasteiger partial charge < -0.3 is 18.9 Å². The van der Waals surface area contributed by atoms with Crippen molar-refractivity contribution >= 4 is 0 Å². The highest BCUT2D eigenvalue weighted by molar-refractivity contribution is 5.72. The van der Waals surface area contributed by atoms with Crippen molar-refractivity contribution in [2.45, 2.75) is 34.4 Å². The molecule has 4 aromatic carbocycles. The number of ether oxygens (including phenoxy) is 4. The number of benzene rings is 4. The van der Waals surface area contributed by atoms with E-state index in [1.807, 2.05) is 98.8 Å². The Morgan fingerprint density at radius 3 is 1.49 bits per heavy atom. The molecule has 49 heavy (non-hydrogen) atoms. The second-order valence-corrected chi connectivity index (χ2v) is 11.5. The first kappa shape index (κ1) is 33.3. The second-order valence-electron chi connectivity index (χ2n) is 11.5. The van der Waals surface area contributed by atoms with Gasteiger partial charge in [-0.2, -0.15) is 10.2 Å². The van der Waals surface area contributed by atoms with Crippen LogP contribution in [0.4, 0.5) is 8.78 Å². The van der Waals surface area contributed by atoms with Crippen LogP contribution in [-0.4, -0.2) is 46.5 Å². The van der Waals surface area contributed by atoms with Crippen LogP contribution in [0.25, 0.3) is 45.0 Å². The van der Waals surface area contributed by atoms with Crippen molar-refractivity contribution in [2.24, 2.45) is 0 Å². The van der Waals surface area contributed by atoms with Gasteiger partial charge in [-0.15, -0.1) is 0 Å². The zero-order chi connectivity index (χ0) is 33.0. The fourth-order valence-corrected chi connectivity index (χ4v) is 5.80. The number of hydrogen-bond donors (Lipinski definition) is 0. The van der Waals surface area contributed by atoms with Crippen LogP contribution in [0.1, 0.15) is 18.6 Å². The van der Waals surface area contributed by atoms with E-state index in [0.29, 0.717) is 11.5 Å². The Hall–Kier alpha value is -5.64. The Morgan fingerprint density at radius 2 is 0.959 bits per heavy atom. The van der Waals surface area contributed by atoms with E-state index < -0.39 is 13.3 Å². The summed E-state index contributed by atoms with van der Waals surface area (Å²) in [4.78, 5) is 0. The molecule has 8 nitrogen and oxygen atoms in total. The van der Waals surface area contributed by atoms with Crippen molar-refractivity contribution in [3.8, 4) is 68.0 Å². The molecule has 2 aliphatic rings.